The van der Waals surface area contributed by atoms with Crippen molar-refractivity contribution < 1.29 is 4.79 Å². The Morgan fingerprint density at radius 3 is 2.82 bits per heavy atom. The van der Waals surface area contributed by atoms with Gasteiger partial charge >= 0.3 is 0 Å². The SMILES string of the molecule is [C-]#[N+]c1cc(C)c2ncc(C(=O)NC(C)(C)C3CCC3)n2n1. The lowest BCUT2D eigenvalue weighted by molar-refractivity contribution is 0.0819. The predicted molar refractivity (Wildman–Crippen MR) is 82.9 cm³/mol. The third kappa shape index (κ3) is 2.33. The molecule has 22 heavy (non-hydrogen) atoms. The van der Waals surface area contributed by atoms with Gasteiger partial charge in [-0.1, -0.05) is 13.0 Å². The van der Waals surface area contributed by atoms with Gasteiger partial charge in [-0.05, 0) is 56.3 Å². The second-order valence-corrected chi connectivity index (χ2v) is 6.48. The average Bonchev–Trinajstić information content (AvgIpc) is 2.79. The van der Waals surface area contributed by atoms with E-state index < -0.39 is 0 Å². The van der Waals surface area contributed by atoms with E-state index in [-0.39, 0.29) is 17.3 Å². The molecule has 6 nitrogen and oxygen atoms in total. The Bertz CT molecular complexity index is 780. The van der Waals surface area contributed by atoms with E-state index in [1.807, 2.05) is 6.92 Å². The van der Waals surface area contributed by atoms with E-state index in [0.29, 0.717) is 17.3 Å². The Morgan fingerprint density at radius 2 is 2.23 bits per heavy atom. The number of aromatic nitrogens is 3. The number of nitrogens with zero attached hydrogens (tertiary/aromatic N) is 4. The quantitative estimate of drug-likeness (QED) is 0.886. The summed E-state index contributed by atoms with van der Waals surface area (Å²) < 4.78 is 1.47. The molecule has 0 aromatic carbocycles. The molecule has 114 valence electrons. The molecule has 1 amide bonds. The van der Waals surface area contributed by atoms with Crippen LogP contribution in [0, 0.1) is 19.4 Å². The minimum absolute atomic E-state index is 0.196. The highest BCUT2D eigenvalue weighted by atomic mass is 16.2. The van der Waals surface area contributed by atoms with Crippen molar-refractivity contribution in [3.8, 4) is 0 Å². The highest BCUT2D eigenvalue weighted by Crippen LogP contribution is 2.35. The summed E-state index contributed by atoms with van der Waals surface area (Å²) in [6, 6.07) is 1.68. The molecule has 1 aliphatic rings. The molecular weight excluding hydrogens is 278 g/mol. The molecular formula is C16H19N5O. The van der Waals surface area contributed by atoms with Gasteiger partial charge in [-0.15, -0.1) is 4.52 Å². The van der Waals surface area contributed by atoms with Gasteiger partial charge in [0.1, 0.15) is 0 Å². The second kappa shape index (κ2) is 5.09. The van der Waals surface area contributed by atoms with Gasteiger partial charge in [-0.3, -0.25) is 4.79 Å². The molecule has 0 saturated heterocycles. The summed E-state index contributed by atoms with van der Waals surface area (Å²) in [6.07, 6.45) is 5.06. The second-order valence-electron chi connectivity index (χ2n) is 6.48. The molecule has 2 aromatic rings. The first kappa shape index (κ1) is 14.5. The number of rotatable bonds is 3. The van der Waals surface area contributed by atoms with Crippen LogP contribution >= 0.6 is 0 Å². The van der Waals surface area contributed by atoms with Crippen molar-refractivity contribution in [2.24, 2.45) is 5.92 Å². The molecule has 0 radical (unpaired) electrons. The molecule has 0 bridgehead atoms. The number of amides is 1. The smallest absolute Gasteiger partial charge is 0.294 e. The maximum absolute atomic E-state index is 12.6. The van der Waals surface area contributed by atoms with Gasteiger partial charge in [0, 0.05) is 5.54 Å². The van der Waals surface area contributed by atoms with Crippen LogP contribution in [0.5, 0.6) is 0 Å². The van der Waals surface area contributed by atoms with Gasteiger partial charge in [-0.2, -0.15) is 0 Å². The van der Waals surface area contributed by atoms with Crippen molar-refractivity contribution in [1.82, 2.24) is 19.9 Å². The first-order valence-corrected chi connectivity index (χ1v) is 7.48. The van der Waals surface area contributed by atoms with Gasteiger partial charge < -0.3 is 10.2 Å². The lowest BCUT2D eigenvalue weighted by Gasteiger charge is -2.40. The molecule has 0 spiro atoms. The summed E-state index contributed by atoms with van der Waals surface area (Å²) in [5.74, 6) is 0.581. The van der Waals surface area contributed by atoms with Crippen molar-refractivity contribution in [1.29, 1.82) is 0 Å². The minimum Gasteiger partial charge on any atom is -0.359 e. The highest BCUT2D eigenvalue weighted by molar-refractivity contribution is 5.93. The maximum Gasteiger partial charge on any atom is 0.294 e. The van der Waals surface area contributed by atoms with Crippen molar-refractivity contribution in [2.75, 3.05) is 0 Å². The van der Waals surface area contributed by atoms with Crippen molar-refractivity contribution in [3.05, 3.63) is 34.9 Å². The normalized spacial score (nSPS) is 15.4. The number of imidazole rings is 1. The fourth-order valence-electron chi connectivity index (χ4n) is 2.90. The molecule has 1 saturated carbocycles. The van der Waals surface area contributed by atoms with Crippen LogP contribution in [-0.4, -0.2) is 26.0 Å². The van der Waals surface area contributed by atoms with Crippen LogP contribution in [0.4, 0.5) is 5.82 Å². The van der Waals surface area contributed by atoms with Crippen LogP contribution in [-0.2, 0) is 0 Å². The molecule has 0 unspecified atom stereocenters. The number of aryl methyl sites for hydroxylation is 1. The molecule has 1 fully saturated rings. The van der Waals surface area contributed by atoms with E-state index >= 15 is 0 Å². The predicted octanol–water partition coefficient (Wildman–Crippen LogP) is 2.90. The molecule has 6 heteroatoms. The minimum atomic E-state index is -0.244. The Labute approximate surface area is 129 Å². The number of fused-ring (bicyclic) bond motifs is 1. The Hall–Kier alpha value is -2.42. The van der Waals surface area contributed by atoms with E-state index in [1.54, 1.807) is 6.07 Å². The van der Waals surface area contributed by atoms with Crippen molar-refractivity contribution in [2.45, 2.75) is 45.6 Å². The van der Waals surface area contributed by atoms with Gasteiger partial charge in [-0.25, -0.2) is 4.98 Å². The van der Waals surface area contributed by atoms with Crippen LogP contribution < -0.4 is 5.32 Å². The Morgan fingerprint density at radius 1 is 1.50 bits per heavy atom. The van der Waals surface area contributed by atoms with Crippen LogP contribution in [0.2, 0.25) is 0 Å². The van der Waals surface area contributed by atoms with Gasteiger partial charge in [0.05, 0.1) is 6.20 Å². The zero-order chi connectivity index (χ0) is 15.9. The molecule has 2 heterocycles. The third-order valence-electron chi connectivity index (χ3n) is 4.55. The summed E-state index contributed by atoms with van der Waals surface area (Å²) in [7, 11) is 0. The Kier molecular flexibility index (Phi) is 3.36. The number of nitrogens with one attached hydrogen (secondary N) is 1. The summed E-state index contributed by atoms with van der Waals surface area (Å²) >= 11 is 0. The average molecular weight is 297 g/mol. The van der Waals surface area contributed by atoms with Crippen LogP contribution in [0.15, 0.2) is 12.3 Å². The van der Waals surface area contributed by atoms with E-state index in [1.165, 1.54) is 17.1 Å². The first-order chi connectivity index (χ1) is 10.4. The summed E-state index contributed by atoms with van der Waals surface area (Å²) in [6.45, 7) is 13.1. The number of carbonyl (C=O) groups excluding carboxylic acids is 1. The monoisotopic (exact) mass is 297 g/mol. The van der Waals surface area contributed by atoms with Crippen molar-refractivity contribution >= 4 is 17.4 Å². The van der Waals surface area contributed by atoms with Crippen LogP contribution in [0.3, 0.4) is 0 Å². The van der Waals surface area contributed by atoms with Gasteiger partial charge in [0.25, 0.3) is 11.7 Å². The largest absolute Gasteiger partial charge is 0.359 e. The molecule has 1 N–H and O–H groups in total. The number of hydrogen-bond acceptors (Lipinski definition) is 3. The summed E-state index contributed by atoms with van der Waals surface area (Å²) in [4.78, 5) is 20.2. The first-order valence-electron chi connectivity index (χ1n) is 7.48. The van der Waals surface area contributed by atoms with Crippen LogP contribution in [0.1, 0.15) is 49.2 Å². The van der Waals surface area contributed by atoms with E-state index in [4.69, 9.17) is 6.57 Å². The van der Waals surface area contributed by atoms with E-state index in [9.17, 15) is 4.79 Å². The standard InChI is InChI=1S/C16H19N5O/c1-10-8-13(17-4)20-21-12(9-18-14(10)21)15(22)19-16(2,3)11-6-5-7-11/h8-9,11H,5-7H2,1-3H3,(H,19,22). The third-order valence-corrected chi connectivity index (χ3v) is 4.55. The summed E-state index contributed by atoms with van der Waals surface area (Å²) in [5, 5.41) is 7.28. The van der Waals surface area contributed by atoms with Crippen LogP contribution in [0.25, 0.3) is 10.5 Å². The number of hydrogen-bond donors (Lipinski definition) is 1. The molecule has 0 aliphatic heterocycles. The molecule has 1 aliphatic carbocycles. The van der Waals surface area contributed by atoms with E-state index in [0.717, 1.165) is 18.4 Å². The lowest BCUT2D eigenvalue weighted by atomic mass is 9.72. The zero-order valence-corrected chi connectivity index (χ0v) is 13.1. The fraction of sp³-hybridized carbons (Fsp3) is 0.500. The molecule has 0 atom stereocenters. The highest BCUT2D eigenvalue weighted by Gasteiger charge is 2.36. The Balaban J connectivity index is 1.94. The summed E-state index contributed by atoms with van der Waals surface area (Å²) in [5.41, 5.74) is 1.57. The van der Waals surface area contributed by atoms with Gasteiger partial charge in [0.15, 0.2) is 11.3 Å². The number of carbonyl (C=O) groups is 1. The maximum atomic E-state index is 12.6. The van der Waals surface area contributed by atoms with Crippen molar-refractivity contribution in [3.63, 3.8) is 0 Å². The molecule has 3 rings (SSSR count). The lowest BCUT2D eigenvalue weighted by Crippen LogP contribution is -2.51. The van der Waals surface area contributed by atoms with E-state index in [2.05, 4.69) is 34.1 Å². The zero-order valence-electron chi connectivity index (χ0n) is 13.1. The fourth-order valence-corrected chi connectivity index (χ4v) is 2.90. The van der Waals surface area contributed by atoms with Gasteiger partial charge in [0.2, 0.25) is 0 Å². The molecule has 2 aromatic heterocycles. The topological polar surface area (TPSA) is 63.7 Å².